The van der Waals surface area contributed by atoms with Gasteiger partial charge in [0, 0.05) is 29.9 Å². The summed E-state index contributed by atoms with van der Waals surface area (Å²) in [4.78, 5) is 42.4. The van der Waals surface area contributed by atoms with Crippen molar-refractivity contribution in [3.63, 3.8) is 0 Å². The van der Waals surface area contributed by atoms with Crippen molar-refractivity contribution in [1.29, 1.82) is 5.41 Å². The third-order valence-electron chi connectivity index (χ3n) is 6.61. The van der Waals surface area contributed by atoms with E-state index in [1.807, 2.05) is 50.8 Å². The molecule has 0 spiro atoms. The number of nitrogens with one attached hydrogen (secondary N) is 3. The topological polar surface area (TPSA) is 106 Å². The Labute approximate surface area is 226 Å². The van der Waals surface area contributed by atoms with Gasteiger partial charge in [-0.05, 0) is 80.5 Å². The van der Waals surface area contributed by atoms with Crippen LogP contribution in [0.2, 0.25) is 0 Å². The van der Waals surface area contributed by atoms with Crippen LogP contribution in [-0.2, 0) is 11.3 Å². The van der Waals surface area contributed by atoms with Gasteiger partial charge in [-0.25, -0.2) is 0 Å². The molecule has 1 heterocycles. The molecule has 3 N–H and O–H groups in total. The number of carbonyl (C=O) groups excluding carboxylic acids is 3. The fourth-order valence-corrected chi connectivity index (χ4v) is 5.04. The van der Waals surface area contributed by atoms with Crippen LogP contribution in [0.4, 0.5) is 5.69 Å². The number of amides is 3. The molecule has 1 fully saturated rings. The Morgan fingerprint density at radius 2 is 1.66 bits per heavy atom. The Kier molecular flexibility index (Phi) is 9.31. The Morgan fingerprint density at radius 1 is 1.05 bits per heavy atom. The zero-order valence-corrected chi connectivity index (χ0v) is 23.5. The lowest BCUT2D eigenvalue weighted by molar-refractivity contribution is -0.131. The second-order valence-corrected chi connectivity index (χ2v) is 10.8. The lowest BCUT2D eigenvalue weighted by Crippen LogP contribution is -2.44. The van der Waals surface area contributed by atoms with E-state index in [1.54, 1.807) is 24.3 Å². The number of nitrogens with zero attached hydrogens (tertiary/aromatic N) is 2. The summed E-state index contributed by atoms with van der Waals surface area (Å²) in [5, 5.41) is 14.2. The van der Waals surface area contributed by atoms with Crippen LogP contribution in [0.3, 0.4) is 0 Å². The van der Waals surface area contributed by atoms with E-state index < -0.39 is 5.54 Å². The number of hydrogen-bond acceptors (Lipinski definition) is 4. The summed E-state index contributed by atoms with van der Waals surface area (Å²) < 4.78 is 0. The van der Waals surface area contributed by atoms with Crippen molar-refractivity contribution in [3.05, 3.63) is 64.7 Å². The minimum Gasteiger partial charge on any atom is -0.342 e. The molecule has 8 nitrogen and oxygen atoms in total. The van der Waals surface area contributed by atoms with E-state index in [-0.39, 0.29) is 30.2 Å². The van der Waals surface area contributed by atoms with Crippen molar-refractivity contribution < 1.29 is 14.4 Å². The Balaban J connectivity index is 1.69. The minimum absolute atomic E-state index is 0.0585. The smallest absolute Gasteiger partial charge is 0.255 e. The average Bonchev–Trinajstić information content (AvgIpc) is 3.06. The number of benzene rings is 2. The lowest BCUT2D eigenvalue weighted by atomic mass is 9.91. The van der Waals surface area contributed by atoms with Gasteiger partial charge in [0.1, 0.15) is 5.54 Å². The van der Waals surface area contributed by atoms with Gasteiger partial charge in [0.25, 0.3) is 17.7 Å². The molecule has 3 rings (SSSR count). The lowest BCUT2D eigenvalue weighted by Gasteiger charge is -2.24. The maximum Gasteiger partial charge on any atom is 0.255 e. The van der Waals surface area contributed by atoms with Gasteiger partial charge in [-0.3, -0.25) is 24.7 Å². The van der Waals surface area contributed by atoms with Gasteiger partial charge in [-0.1, -0.05) is 39.8 Å². The third kappa shape index (κ3) is 6.79. The summed E-state index contributed by atoms with van der Waals surface area (Å²) >= 11 is 0. The molecule has 204 valence electrons. The quantitative estimate of drug-likeness (QED) is 0.380. The molecule has 2 aromatic rings. The molecule has 0 saturated carbocycles. The zero-order chi connectivity index (χ0) is 28.0. The van der Waals surface area contributed by atoms with E-state index in [0.717, 1.165) is 24.0 Å². The van der Waals surface area contributed by atoms with Gasteiger partial charge >= 0.3 is 0 Å². The summed E-state index contributed by atoms with van der Waals surface area (Å²) in [5.74, 6) is -0.0251. The Morgan fingerprint density at radius 3 is 2.24 bits per heavy atom. The fourth-order valence-electron chi connectivity index (χ4n) is 5.04. The molecule has 1 saturated heterocycles. The average molecular weight is 520 g/mol. The maximum atomic E-state index is 13.1. The van der Waals surface area contributed by atoms with Crippen LogP contribution in [-0.4, -0.2) is 52.1 Å². The summed E-state index contributed by atoms with van der Waals surface area (Å²) in [7, 11) is 0. The van der Waals surface area contributed by atoms with Gasteiger partial charge in [0.15, 0.2) is 5.96 Å². The van der Waals surface area contributed by atoms with Gasteiger partial charge in [-0.2, -0.15) is 0 Å². The summed E-state index contributed by atoms with van der Waals surface area (Å²) in [5.41, 5.74) is 2.49. The number of anilines is 1. The summed E-state index contributed by atoms with van der Waals surface area (Å²) in [6, 6.07) is 12.5. The Bertz CT molecular complexity index is 1180. The van der Waals surface area contributed by atoms with Crippen LogP contribution in [0.15, 0.2) is 42.5 Å². The molecule has 0 aliphatic carbocycles. The normalized spacial score (nSPS) is 17.1. The van der Waals surface area contributed by atoms with E-state index in [2.05, 4.69) is 24.5 Å². The van der Waals surface area contributed by atoms with E-state index in [9.17, 15) is 14.4 Å². The Hall–Kier alpha value is -3.68. The van der Waals surface area contributed by atoms with Gasteiger partial charge in [-0.15, -0.1) is 0 Å². The van der Waals surface area contributed by atoms with Crippen molar-refractivity contribution in [3.8, 4) is 0 Å². The molecule has 1 unspecified atom stereocenters. The zero-order valence-electron chi connectivity index (χ0n) is 23.5. The molecule has 1 atom stereocenters. The van der Waals surface area contributed by atoms with Crippen LogP contribution in [0.1, 0.15) is 85.7 Å². The van der Waals surface area contributed by atoms with Gasteiger partial charge in [0.05, 0.1) is 6.54 Å². The molecule has 1 aliphatic rings. The number of carbonyl (C=O) groups is 3. The molecular weight excluding hydrogens is 478 g/mol. The summed E-state index contributed by atoms with van der Waals surface area (Å²) in [6.45, 7) is 13.6. The number of aryl methyl sites for hydroxylation is 1. The monoisotopic (exact) mass is 519 g/mol. The molecule has 2 aromatic carbocycles. The highest BCUT2D eigenvalue weighted by atomic mass is 16.2. The first-order valence-electron chi connectivity index (χ1n) is 13.5. The molecule has 1 aliphatic heterocycles. The second kappa shape index (κ2) is 12.2. The first kappa shape index (κ1) is 28.9. The van der Waals surface area contributed by atoms with Crippen molar-refractivity contribution >= 4 is 29.4 Å². The molecule has 8 heteroatoms. The molecule has 0 aromatic heterocycles. The molecule has 0 radical (unpaired) electrons. The fraction of sp³-hybridized carbons (Fsp3) is 0.467. The molecule has 38 heavy (non-hydrogen) atoms. The van der Waals surface area contributed by atoms with Crippen LogP contribution < -0.4 is 10.6 Å². The highest BCUT2D eigenvalue weighted by molar-refractivity contribution is 6.08. The van der Waals surface area contributed by atoms with Crippen LogP contribution in [0, 0.1) is 18.3 Å². The highest BCUT2D eigenvalue weighted by Gasteiger charge is 2.45. The minimum atomic E-state index is -0.767. The van der Waals surface area contributed by atoms with Gasteiger partial charge in [0.2, 0.25) is 0 Å². The van der Waals surface area contributed by atoms with Crippen LogP contribution in [0.25, 0.3) is 0 Å². The van der Waals surface area contributed by atoms with Crippen molar-refractivity contribution in [2.24, 2.45) is 5.92 Å². The number of guanidine groups is 1. The molecule has 3 amide bonds. The second-order valence-electron chi connectivity index (χ2n) is 10.8. The standard InChI is InChI=1S/C30H41N5O3/c1-7-13-34(14-8-2)27(37)24-16-21(5)15-23(17-24)26(36)32-25-11-9-22(10-12-25)19-35-28(38)30(6,18-20(3)4)33-29(35)31/h9-12,15-17,20H,7-8,13-14,18-19H2,1-6H3,(H2,31,33)(H,32,36). The molecular formula is C30H41N5O3. The van der Waals surface area contributed by atoms with Gasteiger partial charge < -0.3 is 15.5 Å². The van der Waals surface area contributed by atoms with Crippen molar-refractivity contribution in [2.75, 3.05) is 18.4 Å². The summed E-state index contributed by atoms with van der Waals surface area (Å²) in [6.07, 6.45) is 2.40. The number of rotatable bonds is 11. The number of hydrogen-bond donors (Lipinski definition) is 3. The van der Waals surface area contributed by atoms with E-state index in [0.29, 0.717) is 42.2 Å². The van der Waals surface area contributed by atoms with Crippen LogP contribution >= 0.6 is 0 Å². The largest absolute Gasteiger partial charge is 0.342 e. The molecule has 0 bridgehead atoms. The van der Waals surface area contributed by atoms with Crippen molar-refractivity contribution in [1.82, 2.24) is 15.1 Å². The first-order valence-corrected chi connectivity index (χ1v) is 13.5. The maximum absolute atomic E-state index is 13.1. The van der Waals surface area contributed by atoms with Crippen LogP contribution in [0.5, 0.6) is 0 Å². The predicted octanol–water partition coefficient (Wildman–Crippen LogP) is 5.18. The van der Waals surface area contributed by atoms with Crippen molar-refractivity contribution in [2.45, 2.75) is 72.9 Å². The predicted molar refractivity (Wildman–Crippen MR) is 151 cm³/mol. The van der Waals surface area contributed by atoms with E-state index >= 15 is 0 Å². The highest BCUT2D eigenvalue weighted by Crippen LogP contribution is 2.26. The van der Waals surface area contributed by atoms with E-state index in [4.69, 9.17) is 5.41 Å². The SMILES string of the molecule is CCCN(CCC)C(=O)c1cc(C)cc(C(=O)Nc2ccc(CN3C(=N)NC(C)(CC(C)C)C3=O)cc2)c1. The van der Waals surface area contributed by atoms with E-state index in [1.165, 1.54) is 4.90 Å². The third-order valence-corrected chi connectivity index (χ3v) is 6.61. The first-order chi connectivity index (χ1) is 18.0.